The molecule has 2 N–H and O–H groups in total. The molecule has 0 saturated carbocycles. The Morgan fingerprint density at radius 3 is 2.70 bits per heavy atom. The van der Waals surface area contributed by atoms with Gasteiger partial charge in [0.1, 0.15) is 5.54 Å². The number of hydrogen-bond donors (Lipinski definition) is 2. The Balaban J connectivity index is 0.00000210. The third-order valence-electron chi connectivity index (χ3n) is 5.14. The monoisotopic (exact) mass is 388 g/mol. The van der Waals surface area contributed by atoms with Crippen LogP contribution < -0.4 is 10.6 Å². The molecule has 0 unspecified atom stereocenters. The topological polar surface area (TPSA) is 76.8 Å². The molecule has 3 heterocycles. The van der Waals surface area contributed by atoms with Gasteiger partial charge in [0.15, 0.2) is 0 Å². The van der Waals surface area contributed by atoms with Gasteiger partial charge in [-0.05, 0) is 64.0 Å². The minimum atomic E-state index is -0.651. The van der Waals surface area contributed by atoms with Gasteiger partial charge in [0.05, 0.1) is 11.7 Å². The molecule has 1 aromatic carbocycles. The van der Waals surface area contributed by atoms with E-state index < -0.39 is 5.54 Å². The van der Waals surface area contributed by atoms with Crippen molar-refractivity contribution in [3.05, 3.63) is 42.9 Å². The fourth-order valence-electron chi connectivity index (χ4n) is 3.70. The second-order valence-electron chi connectivity index (χ2n) is 7.14. The van der Waals surface area contributed by atoms with Gasteiger partial charge in [0, 0.05) is 29.5 Å². The molecule has 2 aromatic heterocycles. The van der Waals surface area contributed by atoms with Gasteiger partial charge in [-0.2, -0.15) is 10.2 Å². The van der Waals surface area contributed by atoms with Crippen LogP contribution in [0.25, 0.3) is 10.9 Å². The number of nitrogens with one attached hydrogen (secondary N) is 2. The van der Waals surface area contributed by atoms with Crippen molar-refractivity contribution in [1.29, 1.82) is 0 Å². The van der Waals surface area contributed by atoms with Crippen LogP contribution in [0.5, 0.6) is 0 Å². The number of hydrogen-bond acceptors (Lipinski definition) is 4. The highest BCUT2D eigenvalue weighted by Crippen LogP contribution is 2.29. The number of carbonyl (C=O) groups is 1. The van der Waals surface area contributed by atoms with Gasteiger partial charge in [-0.1, -0.05) is 0 Å². The predicted molar refractivity (Wildman–Crippen MR) is 108 cm³/mol. The van der Waals surface area contributed by atoms with Crippen molar-refractivity contribution in [3.63, 3.8) is 0 Å². The molecule has 1 aliphatic rings. The number of amides is 1. The van der Waals surface area contributed by atoms with Gasteiger partial charge in [0.2, 0.25) is 0 Å². The minimum absolute atomic E-state index is 0. The number of nitrogens with zero attached hydrogens (tertiary/aromatic N) is 4. The Kier molecular flexibility index (Phi) is 5.53. The van der Waals surface area contributed by atoms with Gasteiger partial charge in [-0.15, -0.1) is 12.4 Å². The number of carbonyl (C=O) groups excluding carboxylic acids is 1. The van der Waals surface area contributed by atoms with Gasteiger partial charge >= 0.3 is 0 Å². The summed E-state index contributed by atoms with van der Waals surface area (Å²) < 4.78 is 3.78. The van der Waals surface area contributed by atoms with Crippen LogP contribution in [-0.2, 0) is 10.3 Å². The Labute approximate surface area is 164 Å². The molecule has 1 amide bonds. The third-order valence-corrected chi connectivity index (χ3v) is 5.14. The quantitative estimate of drug-likeness (QED) is 0.720. The highest BCUT2D eigenvalue weighted by Gasteiger charge is 2.42. The van der Waals surface area contributed by atoms with Crippen molar-refractivity contribution in [3.8, 4) is 0 Å². The average molecular weight is 389 g/mol. The molecule has 1 fully saturated rings. The lowest BCUT2D eigenvalue weighted by atomic mass is 9.87. The Bertz CT molecular complexity index is 912. The van der Waals surface area contributed by atoms with E-state index in [-0.39, 0.29) is 24.4 Å². The first-order valence-corrected chi connectivity index (χ1v) is 9.10. The molecule has 144 valence electrons. The van der Waals surface area contributed by atoms with Crippen LogP contribution >= 0.6 is 12.4 Å². The Hall–Kier alpha value is -2.38. The summed E-state index contributed by atoms with van der Waals surface area (Å²) in [6, 6.07) is 8.06. The Morgan fingerprint density at radius 2 is 2.04 bits per heavy atom. The summed E-state index contributed by atoms with van der Waals surface area (Å²) in [7, 11) is 0. The zero-order valence-electron chi connectivity index (χ0n) is 15.6. The molecule has 0 radical (unpaired) electrons. The van der Waals surface area contributed by atoms with Crippen molar-refractivity contribution in [2.45, 2.75) is 38.3 Å². The molecular weight excluding hydrogens is 364 g/mol. The number of fused-ring (bicyclic) bond motifs is 1. The number of rotatable bonds is 4. The second-order valence-corrected chi connectivity index (χ2v) is 7.14. The van der Waals surface area contributed by atoms with Crippen molar-refractivity contribution in [1.82, 2.24) is 24.9 Å². The van der Waals surface area contributed by atoms with Crippen LogP contribution in [0.15, 0.2) is 42.9 Å². The van der Waals surface area contributed by atoms with Gasteiger partial charge < -0.3 is 10.6 Å². The van der Waals surface area contributed by atoms with Crippen molar-refractivity contribution < 1.29 is 4.79 Å². The van der Waals surface area contributed by atoms with Crippen molar-refractivity contribution >= 4 is 34.9 Å². The van der Waals surface area contributed by atoms with E-state index in [4.69, 9.17) is 0 Å². The van der Waals surface area contributed by atoms with E-state index in [9.17, 15) is 4.79 Å². The number of benzene rings is 1. The van der Waals surface area contributed by atoms with E-state index in [1.54, 1.807) is 10.9 Å². The lowest BCUT2D eigenvalue weighted by molar-refractivity contribution is -0.126. The van der Waals surface area contributed by atoms with Crippen molar-refractivity contribution in [2.75, 3.05) is 18.4 Å². The molecule has 4 rings (SSSR count). The lowest BCUT2D eigenvalue weighted by Gasteiger charge is -2.36. The summed E-state index contributed by atoms with van der Waals surface area (Å²) in [5.41, 5.74) is 1.16. The van der Waals surface area contributed by atoms with E-state index in [0.29, 0.717) is 12.8 Å². The molecule has 8 heteroatoms. The van der Waals surface area contributed by atoms with Crippen LogP contribution in [0.2, 0.25) is 0 Å². The molecule has 0 atom stereocenters. The fraction of sp³-hybridized carbons (Fsp3) is 0.421. The lowest BCUT2D eigenvalue weighted by Crippen LogP contribution is -2.52. The SMILES string of the molecule is CC(C)n1ncc2ccc(NC(=O)C3(n4cccn4)CCNCC3)cc21.Cl. The Morgan fingerprint density at radius 1 is 1.26 bits per heavy atom. The summed E-state index contributed by atoms with van der Waals surface area (Å²) in [4.78, 5) is 13.3. The molecule has 0 spiro atoms. The van der Waals surface area contributed by atoms with Gasteiger partial charge in [-0.3, -0.25) is 14.2 Å². The first-order chi connectivity index (χ1) is 12.6. The maximum absolute atomic E-state index is 13.3. The van der Waals surface area contributed by atoms with Crippen LogP contribution in [0, 0.1) is 0 Å². The first-order valence-electron chi connectivity index (χ1n) is 9.10. The number of piperidine rings is 1. The zero-order valence-corrected chi connectivity index (χ0v) is 16.4. The zero-order chi connectivity index (χ0) is 18.1. The second kappa shape index (κ2) is 7.70. The van der Waals surface area contributed by atoms with E-state index in [1.165, 1.54) is 0 Å². The standard InChI is InChI=1S/C19H24N6O.ClH/c1-14(2)25-17-12-16(5-4-15(17)13-22-25)23-18(26)19(6-9-20-10-7-19)24-11-3-8-21-24;/h3-5,8,11-14,20H,6-7,9-10H2,1-2H3,(H,23,26);1H. The van der Waals surface area contributed by atoms with Crippen LogP contribution in [0.3, 0.4) is 0 Å². The van der Waals surface area contributed by atoms with Gasteiger partial charge in [0.25, 0.3) is 5.91 Å². The predicted octanol–water partition coefficient (Wildman–Crippen LogP) is 2.95. The average Bonchev–Trinajstić information content (AvgIpc) is 3.32. The summed E-state index contributed by atoms with van der Waals surface area (Å²) in [5.74, 6) is -0.0161. The van der Waals surface area contributed by atoms with Crippen molar-refractivity contribution in [2.24, 2.45) is 0 Å². The van der Waals surface area contributed by atoms with E-state index in [2.05, 4.69) is 34.7 Å². The van der Waals surface area contributed by atoms with Gasteiger partial charge in [-0.25, -0.2) is 0 Å². The number of aromatic nitrogens is 4. The smallest absolute Gasteiger partial charge is 0.252 e. The first kappa shape index (κ1) is 19.4. The highest BCUT2D eigenvalue weighted by molar-refractivity contribution is 5.98. The fourth-order valence-corrected chi connectivity index (χ4v) is 3.70. The molecule has 1 aliphatic heterocycles. The van der Waals surface area contributed by atoms with Crippen LogP contribution in [0.4, 0.5) is 5.69 Å². The molecule has 27 heavy (non-hydrogen) atoms. The van der Waals surface area contributed by atoms with E-state index in [0.717, 1.165) is 29.7 Å². The minimum Gasteiger partial charge on any atom is -0.324 e. The molecule has 7 nitrogen and oxygen atoms in total. The maximum Gasteiger partial charge on any atom is 0.252 e. The summed E-state index contributed by atoms with van der Waals surface area (Å²) in [5, 5.41) is 16.3. The number of anilines is 1. The summed E-state index contributed by atoms with van der Waals surface area (Å²) >= 11 is 0. The summed E-state index contributed by atoms with van der Waals surface area (Å²) in [6.07, 6.45) is 6.89. The maximum atomic E-state index is 13.3. The van der Waals surface area contributed by atoms with E-state index >= 15 is 0 Å². The third kappa shape index (κ3) is 3.44. The van der Waals surface area contributed by atoms with Crippen LogP contribution in [0.1, 0.15) is 32.7 Å². The summed E-state index contributed by atoms with van der Waals surface area (Å²) in [6.45, 7) is 5.79. The number of halogens is 1. The molecule has 0 bridgehead atoms. The normalized spacial score (nSPS) is 16.3. The molecule has 1 saturated heterocycles. The van der Waals surface area contributed by atoms with E-state index in [1.807, 2.05) is 41.3 Å². The largest absolute Gasteiger partial charge is 0.324 e. The molecular formula is C19H25ClN6O. The van der Waals surface area contributed by atoms with Crippen LogP contribution in [-0.4, -0.2) is 38.6 Å². The molecule has 0 aliphatic carbocycles. The molecule has 3 aromatic rings. The highest BCUT2D eigenvalue weighted by atomic mass is 35.5.